The fourth-order valence-corrected chi connectivity index (χ4v) is 5.92. The lowest BCUT2D eigenvalue weighted by molar-refractivity contribution is -0.126. The van der Waals surface area contributed by atoms with Crippen LogP contribution in [0.15, 0.2) is 29.6 Å². The highest BCUT2D eigenvalue weighted by Gasteiger charge is 2.33. The summed E-state index contributed by atoms with van der Waals surface area (Å²) >= 11 is 0. The summed E-state index contributed by atoms with van der Waals surface area (Å²) < 4.78 is 28.8. The van der Waals surface area contributed by atoms with Gasteiger partial charge in [0, 0.05) is 58.1 Å². The van der Waals surface area contributed by atoms with Gasteiger partial charge in [-0.2, -0.15) is 4.31 Å². The Morgan fingerprint density at radius 1 is 1.12 bits per heavy atom. The zero-order valence-electron chi connectivity index (χ0n) is 19.7. The molecule has 0 bridgehead atoms. The highest BCUT2D eigenvalue weighted by Crippen LogP contribution is 2.24. The summed E-state index contributed by atoms with van der Waals surface area (Å²) in [5.74, 6) is 2.20. The summed E-state index contributed by atoms with van der Waals surface area (Å²) in [6, 6.07) is 4.05. The monoisotopic (exact) mass is 474 g/mol. The van der Waals surface area contributed by atoms with Gasteiger partial charge in [0.25, 0.3) is 10.0 Å². The van der Waals surface area contributed by atoms with Crippen molar-refractivity contribution >= 4 is 21.7 Å². The lowest BCUT2D eigenvalue weighted by atomic mass is 9.97. The predicted octanol–water partition coefficient (Wildman–Crippen LogP) is 2.08. The average molecular weight is 475 g/mol. The van der Waals surface area contributed by atoms with E-state index in [9.17, 15) is 13.2 Å². The average Bonchev–Trinajstić information content (AvgIpc) is 3.17. The first-order chi connectivity index (χ1) is 15.7. The number of aryl methyl sites for hydroxylation is 2. The Labute approximate surface area is 196 Å². The van der Waals surface area contributed by atoms with Crippen LogP contribution in [0, 0.1) is 18.8 Å². The van der Waals surface area contributed by atoms with Gasteiger partial charge in [-0.25, -0.2) is 18.4 Å². The highest BCUT2D eigenvalue weighted by atomic mass is 32.2. The summed E-state index contributed by atoms with van der Waals surface area (Å²) in [7, 11) is -1.85. The number of sulfonamides is 1. The van der Waals surface area contributed by atoms with Crippen LogP contribution >= 0.6 is 0 Å². The Morgan fingerprint density at radius 3 is 2.39 bits per heavy atom. The van der Waals surface area contributed by atoms with E-state index in [0.29, 0.717) is 38.3 Å². The SMILES string of the molecule is Cc1nc(S(=O)(=O)N2CCC(C(=O)NCc3ccc(N4CCC(C)CC4)nc3)CC2)cn1C. The molecule has 2 aliphatic rings. The number of nitrogens with zero attached hydrogens (tertiary/aromatic N) is 5. The van der Waals surface area contributed by atoms with Crippen molar-refractivity contribution in [3.8, 4) is 0 Å². The molecule has 1 N–H and O–H groups in total. The number of carbonyl (C=O) groups is 1. The number of hydrogen-bond donors (Lipinski definition) is 1. The Bertz CT molecular complexity index is 1050. The van der Waals surface area contributed by atoms with E-state index in [4.69, 9.17) is 0 Å². The fourth-order valence-electron chi connectivity index (χ4n) is 4.42. The van der Waals surface area contributed by atoms with Gasteiger partial charge in [-0.3, -0.25) is 4.79 Å². The van der Waals surface area contributed by atoms with Crippen LogP contribution < -0.4 is 10.2 Å². The maximum absolute atomic E-state index is 12.8. The van der Waals surface area contributed by atoms with Gasteiger partial charge in [-0.15, -0.1) is 0 Å². The number of aromatic nitrogens is 3. The number of anilines is 1. The third-order valence-electron chi connectivity index (χ3n) is 6.90. The van der Waals surface area contributed by atoms with Crippen LogP contribution in [0.2, 0.25) is 0 Å². The molecule has 10 heteroatoms. The van der Waals surface area contributed by atoms with E-state index >= 15 is 0 Å². The quantitative estimate of drug-likeness (QED) is 0.688. The minimum atomic E-state index is -3.63. The smallest absolute Gasteiger partial charge is 0.262 e. The van der Waals surface area contributed by atoms with Crippen LogP contribution in [0.3, 0.4) is 0 Å². The van der Waals surface area contributed by atoms with Gasteiger partial charge in [0.15, 0.2) is 5.03 Å². The van der Waals surface area contributed by atoms with Crippen molar-refractivity contribution in [3.63, 3.8) is 0 Å². The topological polar surface area (TPSA) is 100 Å². The maximum atomic E-state index is 12.8. The standard InChI is InChI=1S/C23H34N6O3S/c1-17-6-10-28(11-7-17)21-5-4-19(14-24-21)15-25-23(30)20-8-12-29(13-9-20)33(31,32)22-16-27(3)18(2)26-22/h4-5,14,16-17,20H,6-13,15H2,1-3H3,(H,25,30). The molecular formula is C23H34N6O3S. The van der Waals surface area contributed by atoms with E-state index in [0.717, 1.165) is 30.4 Å². The number of rotatable bonds is 6. The van der Waals surface area contributed by atoms with Gasteiger partial charge < -0.3 is 14.8 Å². The number of hydrogen-bond acceptors (Lipinski definition) is 6. The molecule has 0 atom stereocenters. The van der Waals surface area contributed by atoms with Gasteiger partial charge in [0.05, 0.1) is 0 Å². The largest absolute Gasteiger partial charge is 0.357 e. The van der Waals surface area contributed by atoms with Crippen LogP contribution in [0.1, 0.15) is 44.0 Å². The van der Waals surface area contributed by atoms with Gasteiger partial charge in [0.2, 0.25) is 5.91 Å². The van der Waals surface area contributed by atoms with E-state index in [1.165, 1.54) is 23.3 Å². The van der Waals surface area contributed by atoms with E-state index in [2.05, 4.69) is 27.1 Å². The molecule has 0 aromatic carbocycles. The molecule has 2 aromatic rings. The Hall–Kier alpha value is -2.46. The van der Waals surface area contributed by atoms with Crippen LogP contribution in [-0.2, 0) is 28.4 Å². The highest BCUT2D eigenvalue weighted by molar-refractivity contribution is 7.89. The van der Waals surface area contributed by atoms with Crippen molar-refractivity contribution in [1.82, 2.24) is 24.2 Å². The number of imidazole rings is 1. The van der Waals surface area contributed by atoms with E-state index < -0.39 is 10.0 Å². The van der Waals surface area contributed by atoms with Crippen molar-refractivity contribution in [3.05, 3.63) is 35.9 Å². The molecule has 4 heterocycles. The third kappa shape index (κ3) is 5.38. The first-order valence-corrected chi connectivity index (χ1v) is 13.2. The van der Waals surface area contributed by atoms with E-state index in [1.54, 1.807) is 18.5 Å². The molecule has 4 rings (SSSR count). The number of nitrogens with one attached hydrogen (secondary N) is 1. The number of amides is 1. The first kappa shape index (κ1) is 23.7. The lowest BCUT2D eigenvalue weighted by Crippen LogP contribution is -2.43. The second-order valence-electron chi connectivity index (χ2n) is 9.33. The van der Waals surface area contributed by atoms with Crippen molar-refractivity contribution in [2.75, 3.05) is 31.1 Å². The molecule has 9 nitrogen and oxygen atoms in total. The van der Waals surface area contributed by atoms with Crippen LogP contribution in [0.5, 0.6) is 0 Å². The molecule has 0 radical (unpaired) electrons. The van der Waals surface area contributed by atoms with Crippen LogP contribution in [-0.4, -0.2) is 59.3 Å². The molecule has 2 aromatic heterocycles. The van der Waals surface area contributed by atoms with Gasteiger partial charge in [0.1, 0.15) is 11.6 Å². The summed E-state index contributed by atoms with van der Waals surface area (Å²) in [5, 5.41) is 3.06. The fraction of sp³-hybridized carbons (Fsp3) is 0.609. The van der Waals surface area contributed by atoms with E-state index in [-0.39, 0.29) is 16.9 Å². The summed E-state index contributed by atoms with van der Waals surface area (Å²) in [4.78, 5) is 23.7. The molecule has 2 fully saturated rings. The van der Waals surface area contributed by atoms with Crippen molar-refractivity contribution in [2.24, 2.45) is 18.9 Å². The molecule has 2 saturated heterocycles. The van der Waals surface area contributed by atoms with Crippen molar-refractivity contribution in [2.45, 2.75) is 51.1 Å². The molecule has 180 valence electrons. The molecule has 1 amide bonds. The maximum Gasteiger partial charge on any atom is 0.262 e. The molecule has 33 heavy (non-hydrogen) atoms. The Morgan fingerprint density at radius 2 is 1.82 bits per heavy atom. The Kier molecular flexibility index (Phi) is 7.04. The molecule has 2 aliphatic heterocycles. The molecule has 0 aliphatic carbocycles. The third-order valence-corrected chi connectivity index (χ3v) is 8.67. The van der Waals surface area contributed by atoms with E-state index in [1.807, 2.05) is 18.3 Å². The normalized spacial score (nSPS) is 19.1. The zero-order valence-corrected chi connectivity index (χ0v) is 20.5. The van der Waals surface area contributed by atoms with Gasteiger partial charge in [-0.05, 0) is 50.2 Å². The minimum absolute atomic E-state index is 0.0326. The van der Waals surface area contributed by atoms with Crippen molar-refractivity contribution < 1.29 is 13.2 Å². The molecule has 0 unspecified atom stereocenters. The first-order valence-electron chi connectivity index (χ1n) is 11.7. The van der Waals surface area contributed by atoms with Crippen molar-refractivity contribution in [1.29, 1.82) is 0 Å². The second-order valence-corrected chi connectivity index (χ2v) is 11.2. The summed E-state index contributed by atoms with van der Waals surface area (Å²) in [6.07, 6.45) is 6.76. The number of piperidine rings is 2. The number of carbonyl (C=O) groups excluding carboxylic acids is 1. The zero-order chi connectivity index (χ0) is 23.6. The molecule has 0 saturated carbocycles. The molecular weight excluding hydrogens is 440 g/mol. The lowest BCUT2D eigenvalue weighted by Gasteiger charge is -2.31. The second kappa shape index (κ2) is 9.80. The van der Waals surface area contributed by atoms with Gasteiger partial charge in [-0.1, -0.05) is 13.0 Å². The molecule has 0 spiro atoms. The van der Waals surface area contributed by atoms with Crippen LogP contribution in [0.4, 0.5) is 5.82 Å². The van der Waals surface area contributed by atoms with Gasteiger partial charge >= 0.3 is 0 Å². The Balaban J connectivity index is 1.25. The summed E-state index contributed by atoms with van der Waals surface area (Å²) in [5.41, 5.74) is 0.961. The van der Waals surface area contributed by atoms with Crippen LogP contribution in [0.25, 0.3) is 0 Å². The predicted molar refractivity (Wildman–Crippen MR) is 126 cm³/mol. The minimum Gasteiger partial charge on any atom is -0.357 e. The number of pyridine rings is 1. The summed E-state index contributed by atoms with van der Waals surface area (Å²) in [6.45, 7) is 7.21.